The molecule has 1 aliphatic heterocycles. The number of nitrogens with one attached hydrogen (secondary N) is 1. The summed E-state index contributed by atoms with van der Waals surface area (Å²) in [5.41, 5.74) is -3.33. The summed E-state index contributed by atoms with van der Waals surface area (Å²) in [6.07, 6.45) is -13.0. The van der Waals surface area contributed by atoms with E-state index in [9.17, 15) is 49.5 Å². The number of aliphatic hydroxyl groups is 1. The molecule has 0 radical (unpaired) electrons. The smallest absolute Gasteiger partial charge is 0.430 e. The van der Waals surface area contributed by atoms with Crippen molar-refractivity contribution in [3.05, 3.63) is 119 Å². The number of anilines is 1. The van der Waals surface area contributed by atoms with Crippen LogP contribution in [0.2, 0.25) is 0 Å². The SMILES string of the molecule is CS(=O)(=O)c1ccc2c(c1)CN(C(=O)OC1c3ccccc3-c3ccccc31)C2C(=O)Nc1ccc(C(O)(C(F)(F)F)C(F)(F)F)cc1. The zero-order chi connectivity index (χ0) is 34.8. The van der Waals surface area contributed by atoms with Crippen LogP contribution in [0.15, 0.2) is 95.9 Å². The third-order valence-corrected chi connectivity index (χ3v) is 9.47. The average molecular weight is 691 g/mol. The molecule has 8 nitrogen and oxygen atoms in total. The number of amides is 2. The number of fused-ring (bicyclic) bond motifs is 4. The number of halogens is 6. The van der Waals surface area contributed by atoms with Gasteiger partial charge in [0.15, 0.2) is 15.9 Å². The van der Waals surface area contributed by atoms with E-state index in [1.54, 1.807) is 24.3 Å². The van der Waals surface area contributed by atoms with E-state index in [2.05, 4.69) is 5.32 Å². The van der Waals surface area contributed by atoms with Crippen LogP contribution in [-0.4, -0.2) is 49.0 Å². The standard InChI is InChI=1S/C33H24F6N2O6S/c1-48(45,46)21-14-15-22-18(16-21)17-41(30(43)47-28-25-8-4-2-6-23(25)24-7-3-5-9-26(24)28)27(22)29(42)40-20-12-10-19(11-13-20)31(44,32(34,35)36)33(37,38)39/h2-16,27-28,44H,17H2,1H3,(H,40,42). The minimum Gasteiger partial charge on any atom is -0.436 e. The van der Waals surface area contributed by atoms with E-state index in [1.165, 1.54) is 18.2 Å². The van der Waals surface area contributed by atoms with Crippen molar-refractivity contribution in [3.8, 4) is 11.1 Å². The topological polar surface area (TPSA) is 113 Å². The number of benzene rings is 4. The van der Waals surface area contributed by atoms with Gasteiger partial charge in [0, 0.05) is 28.6 Å². The minimum absolute atomic E-state index is 0.0771. The van der Waals surface area contributed by atoms with Crippen molar-refractivity contribution in [2.75, 3.05) is 11.6 Å². The van der Waals surface area contributed by atoms with Gasteiger partial charge in [0.1, 0.15) is 6.04 Å². The predicted octanol–water partition coefficient (Wildman–Crippen LogP) is 6.80. The Labute approximate surface area is 269 Å². The lowest BCUT2D eigenvalue weighted by Crippen LogP contribution is -2.53. The number of nitrogens with zero attached hydrogens (tertiary/aromatic N) is 1. The summed E-state index contributed by atoms with van der Waals surface area (Å²) >= 11 is 0. The molecule has 2 aliphatic rings. The number of alkyl halides is 6. The zero-order valence-electron chi connectivity index (χ0n) is 24.6. The molecule has 0 fully saturated rings. The van der Waals surface area contributed by atoms with Gasteiger partial charge in [-0.2, -0.15) is 26.3 Å². The van der Waals surface area contributed by atoms with Crippen molar-refractivity contribution >= 4 is 27.5 Å². The molecule has 1 unspecified atom stereocenters. The molecule has 250 valence electrons. The van der Waals surface area contributed by atoms with E-state index in [-0.39, 0.29) is 22.7 Å². The highest BCUT2D eigenvalue weighted by atomic mass is 32.2. The van der Waals surface area contributed by atoms with Crippen molar-refractivity contribution in [3.63, 3.8) is 0 Å². The van der Waals surface area contributed by atoms with Gasteiger partial charge in [-0.1, -0.05) is 66.7 Å². The molecule has 1 atom stereocenters. The van der Waals surface area contributed by atoms with Gasteiger partial charge in [-0.25, -0.2) is 13.2 Å². The zero-order valence-corrected chi connectivity index (χ0v) is 25.5. The molecule has 0 spiro atoms. The molecule has 0 saturated heterocycles. The molecule has 4 aromatic rings. The van der Waals surface area contributed by atoms with E-state index in [4.69, 9.17) is 4.74 Å². The number of carbonyl (C=O) groups excluding carboxylic acids is 2. The number of sulfone groups is 1. The fourth-order valence-electron chi connectivity index (χ4n) is 6.01. The lowest BCUT2D eigenvalue weighted by atomic mass is 9.92. The Morgan fingerprint density at radius 1 is 0.812 bits per heavy atom. The second-order valence-electron chi connectivity index (χ2n) is 11.4. The van der Waals surface area contributed by atoms with Crippen LogP contribution in [-0.2, 0) is 31.5 Å². The molecule has 1 heterocycles. The molecule has 0 aromatic heterocycles. The average Bonchev–Trinajstić information content (AvgIpc) is 3.56. The summed E-state index contributed by atoms with van der Waals surface area (Å²) in [5, 5.41) is 12.1. The second-order valence-corrected chi connectivity index (χ2v) is 13.4. The van der Waals surface area contributed by atoms with Gasteiger partial charge in [0.2, 0.25) is 0 Å². The van der Waals surface area contributed by atoms with Crippen molar-refractivity contribution in [1.29, 1.82) is 0 Å². The molecule has 6 rings (SSSR count). The first kappa shape index (κ1) is 33.0. The first-order valence-electron chi connectivity index (χ1n) is 14.2. The van der Waals surface area contributed by atoms with E-state index in [0.717, 1.165) is 34.4 Å². The van der Waals surface area contributed by atoms with Gasteiger partial charge in [-0.3, -0.25) is 9.69 Å². The first-order chi connectivity index (χ1) is 22.4. The number of hydrogen-bond acceptors (Lipinski definition) is 6. The third-order valence-electron chi connectivity index (χ3n) is 8.36. The van der Waals surface area contributed by atoms with Gasteiger partial charge in [-0.05, 0) is 46.5 Å². The molecule has 2 N–H and O–H groups in total. The minimum atomic E-state index is -6.10. The van der Waals surface area contributed by atoms with Crippen LogP contribution in [0.1, 0.15) is 40.0 Å². The van der Waals surface area contributed by atoms with Crippen LogP contribution in [0, 0.1) is 0 Å². The van der Waals surface area contributed by atoms with Crippen molar-refractivity contribution < 1.29 is 54.2 Å². The first-order valence-corrected chi connectivity index (χ1v) is 16.1. The van der Waals surface area contributed by atoms with Gasteiger partial charge < -0.3 is 15.2 Å². The maximum absolute atomic E-state index is 13.8. The maximum atomic E-state index is 13.8. The summed E-state index contributed by atoms with van der Waals surface area (Å²) in [7, 11) is -3.69. The van der Waals surface area contributed by atoms with Crippen LogP contribution < -0.4 is 5.32 Å². The van der Waals surface area contributed by atoms with Crippen LogP contribution in [0.5, 0.6) is 0 Å². The number of hydrogen-bond donors (Lipinski definition) is 2. The van der Waals surface area contributed by atoms with Crippen LogP contribution >= 0.6 is 0 Å². The predicted molar refractivity (Wildman–Crippen MR) is 159 cm³/mol. The van der Waals surface area contributed by atoms with Gasteiger partial charge in [0.25, 0.3) is 11.5 Å². The molecule has 15 heteroatoms. The Morgan fingerprint density at radius 2 is 1.35 bits per heavy atom. The Balaban J connectivity index is 1.32. The van der Waals surface area contributed by atoms with E-state index in [1.807, 2.05) is 24.3 Å². The van der Waals surface area contributed by atoms with Crippen molar-refractivity contribution in [2.45, 2.75) is 41.5 Å². The normalized spacial score (nSPS) is 16.2. The molecule has 2 amide bonds. The van der Waals surface area contributed by atoms with Gasteiger partial charge in [0.05, 0.1) is 11.4 Å². The summed E-state index contributed by atoms with van der Waals surface area (Å²) < 4.78 is 111. The lowest BCUT2D eigenvalue weighted by molar-refractivity contribution is -0.376. The Hall–Kier alpha value is -4.89. The number of carbonyl (C=O) groups is 2. The van der Waals surface area contributed by atoms with Crippen LogP contribution in [0.3, 0.4) is 0 Å². The summed E-state index contributed by atoms with van der Waals surface area (Å²) in [5.74, 6) is -0.917. The second kappa shape index (κ2) is 11.4. The van der Waals surface area contributed by atoms with E-state index < -0.39 is 57.5 Å². The molecule has 4 aromatic carbocycles. The highest BCUT2D eigenvalue weighted by Gasteiger charge is 2.71. The monoisotopic (exact) mass is 690 g/mol. The Bertz CT molecular complexity index is 1990. The molecular weight excluding hydrogens is 666 g/mol. The fourth-order valence-corrected chi connectivity index (χ4v) is 6.68. The highest BCUT2D eigenvalue weighted by Crippen LogP contribution is 2.50. The summed E-state index contributed by atoms with van der Waals surface area (Å²) in [4.78, 5) is 28.5. The van der Waals surface area contributed by atoms with E-state index >= 15 is 0 Å². The molecule has 0 bridgehead atoms. The molecule has 0 saturated carbocycles. The van der Waals surface area contributed by atoms with E-state index in [0.29, 0.717) is 28.8 Å². The quantitative estimate of drug-likeness (QED) is 0.223. The lowest BCUT2D eigenvalue weighted by Gasteiger charge is -2.32. The Kier molecular flexibility index (Phi) is 7.82. The van der Waals surface area contributed by atoms with Gasteiger partial charge >= 0.3 is 18.4 Å². The molecule has 1 aliphatic carbocycles. The molecule has 48 heavy (non-hydrogen) atoms. The largest absolute Gasteiger partial charge is 0.436 e. The fraction of sp³-hybridized carbons (Fsp3) is 0.212. The number of rotatable bonds is 5. The van der Waals surface area contributed by atoms with Gasteiger partial charge in [-0.15, -0.1) is 0 Å². The number of ether oxygens (including phenoxy) is 1. The third kappa shape index (κ3) is 5.46. The summed E-state index contributed by atoms with van der Waals surface area (Å²) in [6.45, 7) is -0.255. The van der Waals surface area contributed by atoms with Crippen LogP contribution in [0.25, 0.3) is 11.1 Å². The highest BCUT2D eigenvalue weighted by molar-refractivity contribution is 7.90. The van der Waals surface area contributed by atoms with Crippen molar-refractivity contribution in [2.24, 2.45) is 0 Å². The van der Waals surface area contributed by atoms with Crippen LogP contribution in [0.4, 0.5) is 36.8 Å². The molecular formula is C33H24F6N2O6S. The maximum Gasteiger partial charge on any atom is 0.430 e. The van der Waals surface area contributed by atoms with Crippen molar-refractivity contribution in [1.82, 2.24) is 4.90 Å². The summed E-state index contributed by atoms with van der Waals surface area (Å²) in [6, 6.07) is 19.2. The Morgan fingerprint density at radius 3 is 1.88 bits per heavy atom.